The number of ether oxygens (including phenoxy) is 2. The summed E-state index contributed by atoms with van der Waals surface area (Å²) in [6, 6.07) is 3.96. The van der Waals surface area contributed by atoms with Crippen LogP contribution in [0.1, 0.15) is 45.7 Å². The molecule has 1 rings (SSSR count). The monoisotopic (exact) mass is 266 g/mol. The maximum absolute atomic E-state index is 9.63. The van der Waals surface area contributed by atoms with Crippen LogP contribution in [0.15, 0.2) is 12.1 Å². The van der Waals surface area contributed by atoms with E-state index in [1.807, 2.05) is 26.0 Å². The molecule has 0 amide bonds. The second-order valence-corrected chi connectivity index (χ2v) is 6.55. The van der Waals surface area contributed by atoms with Gasteiger partial charge in [0.2, 0.25) is 0 Å². The molecule has 1 aromatic rings. The van der Waals surface area contributed by atoms with Crippen molar-refractivity contribution in [1.82, 2.24) is 0 Å². The summed E-state index contributed by atoms with van der Waals surface area (Å²) in [6.45, 7) is 10.5. The van der Waals surface area contributed by atoms with Crippen LogP contribution in [-0.4, -0.2) is 25.9 Å². The number of benzene rings is 1. The minimum atomic E-state index is -0.375. The molecule has 0 radical (unpaired) electrons. The van der Waals surface area contributed by atoms with Crippen molar-refractivity contribution >= 4 is 0 Å². The molecule has 3 nitrogen and oxygen atoms in total. The highest BCUT2D eigenvalue weighted by atomic mass is 16.5. The number of rotatable bonds is 4. The van der Waals surface area contributed by atoms with Crippen molar-refractivity contribution in [3.8, 4) is 11.5 Å². The molecule has 0 saturated carbocycles. The fourth-order valence-corrected chi connectivity index (χ4v) is 2.09. The maximum Gasteiger partial charge on any atom is 0.126 e. The van der Waals surface area contributed by atoms with E-state index >= 15 is 0 Å². The number of aliphatic hydroxyl groups excluding tert-OH is 1. The Morgan fingerprint density at radius 1 is 0.947 bits per heavy atom. The predicted octanol–water partition coefficient (Wildman–Crippen LogP) is 3.27. The van der Waals surface area contributed by atoms with Crippen LogP contribution < -0.4 is 9.47 Å². The van der Waals surface area contributed by atoms with Gasteiger partial charge in [-0.05, 0) is 17.5 Å². The van der Waals surface area contributed by atoms with E-state index in [4.69, 9.17) is 9.47 Å². The first kappa shape index (κ1) is 15.8. The van der Waals surface area contributed by atoms with E-state index in [1.165, 1.54) is 0 Å². The van der Waals surface area contributed by atoms with Crippen LogP contribution in [-0.2, 0) is 10.8 Å². The summed E-state index contributed by atoms with van der Waals surface area (Å²) in [4.78, 5) is 0. The van der Waals surface area contributed by atoms with Crippen LogP contribution in [0.2, 0.25) is 0 Å². The Kier molecular flexibility index (Phi) is 4.51. The Bertz CT molecular complexity index is 442. The smallest absolute Gasteiger partial charge is 0.126 e. The van der Waals surface area contributed by atoms with Crippen LogP contribution in [0.5, 0.6) is 11.5 Å². The van der Waals surface area contributed by atoms with Crippen LogP contribution in [0, 0.1) is 0 Å². The first-order chi connectivity index (χ1) is 8.67. The molecular formula is C16H26O3. The predicted molar refractivity (Wildman–Crippen MR) is 78.4 cm³/mol. The Morgan fingerprint density at radius 3 is 1.84 bits per heavy atom. The molecule has 0 atom stereocenters. The zero-order valence-corrected chi connectivity index (χ0v) is 13.1. The van der Waals surface area contributed by atoms with Crippen molar-refractivity contribution in [3.63, 3.8) is 0 Å². The lowest BCUT2D eigenvalue weighted by atomic mass is 9.78. The Labute approximate surface area is 116 Å². The Hall–Kier alpha value is -1.22. The molecule has 0 aliphatic heterocycles. The van der Waals surface area contributed by atoms with Crippen LogP contribution in [0.4, 0.5) is 0 Å². The molecule has 0 aliphatic rings. The summed E-state index contributed by atoms with van der Waals surface area (Å²) >= 11 is 0. The molecule has 1 aromatic carbocycles. The highest BCUT2D eigenvalue weighted by Gasteiger charge is 2.30. The van der Waals surface area contributed by atoms with Gasteiger partial charge in [-0.2, -0.15) is 0 Å². The number of methoxy groups -OCH3 is 2. The molecule has 3 heteroatoms. The van der Waals surface area contributed by atoms with E-state index in [2.05, 4.69) is 20.8 Å². The number of aliphatic hydroxyl groups is 1. The average Bonchev–Trinajstić information content (AvgIpc) is 2.35. The molecule has 0 aromatic heterocycles. The van der Waals surface area contributed by atoms with E-state index < -0.39 is 0 Å². The van der Waals surface area contributed by atoms with Gasteiger partial charge in [-0.25, -0.2) is 0 Å². The van der Waals surface area contributed by atoms with E-state index in [9.17, 15) is 5.11 Å². The van der Waals surface area contributed by atoms with Gasteiger partial charge >= 0.3 is 0 Å². The second-order valence-electron chi connectivity index (χ2n) is 6.55. The van der Waals surface area contributed by atoms with Gasteiger partial charge in [-0.1, -0.05) is 34.6 Å². The summed E-state index contributed by atoms with van der Waals surface area (Å²) in [5.41, 5.74) is 1.63. The van der Waals surface area contributed by atoms with Gasteiger partial charge in [0.15, 0.2) is 0 Å². The molecule has 0 saturated heterocycles. The first-order valence-corrected chi connectivity index (χ1v) is 6.55. The highest BCUT2D eigenvalue weighted by molar-refractivity contribution is 5.53. The largest absolute Gasteiger partial charge is 0.497 e. The van der Waals surface area contributed by atoms with Crippen LogP contribution in [0.3, 0.4) is 0 Å². The van der Waals surface area contributed by atoms with Crippen molar-refractivity contribution < 1.29 is 14.6 Å². The second kappa shape index (κ2) is 5.41. The Morgan fingerprint density at radius 2 is 1.47 bits per heavy atom. The lowest BCUT2D eigenvalue weighted by Crippen LogP contribution is -2.25. The zero-order chi connectivity index (χ0) is 14.8. The van der Waals surface area contributed by atoms with Gasteiger partial charge in [0.1, 0.15) is 11.5 Å². The maximum atomic E-state index is 9.63. The molecule has 108 valence electrons. The summed E-state index contributed by atoms with van der Waals surface area (Å²) < 4.78 is 11.0. The van der Waals surface area contributed by atoms with Crippen molar-refractivity contribution in [1.29, 1.82) is 0 Å². The lowest BCUT2D eigenvalue weighted by molar-refractivity contribution is 0.214. The van der Waals surface area contributed by atoms with Crippen LogP contribution >= 0.6 is 0 Å². The van der Waals surface area contributed by atoms with Gasteiger partial charge in [-0.15, -0.1) is 0 Å². The summed E-state index contributed by atoms with van der Waals surface area (Å²) in [6.07, 6.45) is 0. The first-order valence-electron chi connectivity index (χ1n) is 6.55. The molecule has 0 aliphatic carbocycles. The average molecular weight is 266 g/mol. The van der Waals surface area contributed by atoms with E-state index in [-0.39, 0.29) is 17.4 Å². The third kappa shape index (κ3) is 3.21. The molecule has 1 N–H and O–H groups in total. The van der Waals surface area contributed by atoms with Gasteiger partial charge in [0, 0.05) is 16.5 Å². The quantitative estimate of drug-likeness (QED) is 0.909. The van der Waals surface area contributed by atoms with Crippen molar-refractivity contribution in [2.24, 2.45) is 0 Å². The minimum Gasteiger partial charge on any atom is -0.497 e. The normalized spacial score (nSPS) is 12.4. The van der Waals surface area contributed by atoms with Gasteiger partial charge in [0.05, 0.1) is 20.8 Å². The van der Waals surface area contributed by atoms with Crippen molar-refractivity contribution in [2.75, 3.05) is 20.8 Å². The molecule has 0 spiro atoms. The molecule has 0 heterocycles. The standard InChI is InChI=1S/C16H26O3/c1-15(2,3)12-8-11(18-6)9-13(14(12)19-7)16(4,5)10-17/h8-9,17H,10H2,1-7H3. The third-order valence-electron chi connectivity index (χ3n) is 3.43. The van der Waals surface area contributed by atoms with E-state index in [0.717, 1.165) is 22.6 Å². The topological polar surface area (TPSA) is 38.7 Å². The number of hydrogen-bond acceptors (Lipinski definition) is 3. The van der Waals surface area contributed by atoms with E-state index in [0.29, 0.717) is 0 Å². The zero-order valence-electron chi connectivity index (χ0n) is 13.1. The number of hydrogen-bond donors (Lipinski definition) is 1. The molecule has 0 unspecified atom stereocenters. The highest BCUT2D eigenvalue weighted by Crippen LogP contribution is 2.42. The fraction of sp³-hybridized carbons (Fsp3) is 0.625. The summed E-state index contributed by atoms with van der Waals surface area (Å²) in [5, 5.41) is 9.63. The van der Waals surface area contributed by atoms with E-state index in [1.54, 1.807) is 14.2 Å². The van der Waals surface area contributed by atoms with Gasteiger partial charge < -0.3 is 14.6 Å². The van der Waals surface area contributed by atoms with Crippen molar-refractivity contribution in [2.45, 2.75) is 45.4 Å². The third-order valence-corrected chi connectivity index (χ3v) is 3.43. The summed E-state index contributed by atoms with van der Waals surface area (Å²) in [5.74, 6) is 1.63. The van der Waals surface area contributed by atoms with Gasteiger partial charge in [-0.3, -0.25) is 0 Å². The molecule has 19 heavy (non-hydrogen) atoms. The molecule has 0 bridgehead atoms. The lowest BCUT2D eigenvalue weighted by Gasteiger charge is -2.30. The molecular weight excluding hydrogens is 240 g/mol. The fourth-order valence-electron chi connectivity index (χ4n) is 2.09. The van der Waals surface area contributed by atoms with Crippen LogP contribution in [0.25, 0.3) is 0 Å². The SMILES string of the molecule is COc1cc(C(C)(C)C)c(OC)c(C(C)(C)CO)c1. The van der Waals surface area contributed by atoms with Gasteiger partial charge in [0.25, 0.3) is 0 Å². The van der Waals surface area contributed by atoms with Crippen molar-refractivity contribution in [3.05, 3.63) is 23.3 Å². The minimum absolute atomic E-state index is 0.0554. The molecule has 0 fully saturated rings. The summed E-state index contributed by atoms with van der Waals surface area (Å²) in [7, 11) is 3.33. The Balaban J connectivity index is 3.62.